The van der Waals surface area contributed by atoms with Gasteiger partial charge in [0.25, 0.3) is 0 Å². The predicted octanol–water partition coefficient (Wildman–Crippen LogP) is 0.920. The molecule has 21 heavy (non-hydrogen) atoms. The number of rotatable bonds is 4. The van der Waals surface area contributed by atoms with Gasteiger partial charge in [0.15, 0.2) is 0 Å². The molecule has 6 nitrogen and oxygen atoms in total. The Kier molecular flexibility index (Phi) is 4.57. The molecule has 0 amide bonds. The van der Waals surface area contributed by atoms with E-state index in [2.05, 4.69) is 0 Å². The summed E-state index contributed by atoms with van der Waals surface area (Å²) in [5.74, 6) is 0. The van der Waals surface area contributed by atoms with Crippen LogP contribution in [0.1, 0.15) is 11.1 Å². The van der Waals surface area contributed by atoms with Gasteiger partial charge in [-0.15, -0.1) is 0 Å². The van der Waals surface area contributed by atoms with Gasteiger partial charge in [-0.3, -0.25) is 0 Å². The summed E-state index contributed by atoms with van der Waals surface area (Å²) < 4.78 is 37.4. The molecule has 1 aromatic rings. The van der Waals surface area contributed by atoms with Crippen molar-refractivity contribution in [2.75, 3.05) is 33.0 Å². The van der Waals surface area contributed by atoms with Crippen molar-refractivity contribution in [3.63, 3.8) is 0 Å². The van der Waals surface area contributed by atoms with Crippen molar-refractivity contribution in [3.8, 4) is 0 Å². The lowest BCUT2D eigenvalue weighted by molar-refractivity contribution is -0.00461. The van der Waals surface area contributed by atoms with E-state index in [0.717, 1.165) is 11.1 Å². The van der Waals surface area contributed by atoms with E-state index in [9.17, 15) is 8.42 Å². The maximum Gasteiger partial charge on any atom is 0.243 e. The zero-order valence-corrected chi connectivity index (χ0v) is 13.6. The minimum atomic E-state index is -3.59. The van der Waals surface area contributed by atoms with E-state index in [1.165, 1.54) is 10.4 Å². The summed E-state index contributed by atoms with van der Waals surface area (Å²) in [6.45, 7) is 4.29. The van der Waals surface area contributed by atoms with E-state index in [4.69, 9.17) is 15.2 Å². The molecule has 1 heterocycles. The zero-order chi connectivity index (χ0) is 15.8. The SMILES string of the molecule is COC1CN(S(=O)(=O)c2cc(C)c(C)c(N)c2)CC1OC. The summed E-state index contributed by atoms with van der Waals surface area (Å²) in [4.78, 5) is 0.217. The van der Waals surface area contributed by atoms with Crippen LogP contribution in [0.3, 0.4) is 0 Å². The van der Waals surface area contributed by atoms with E-state index < -0.39 is 10.0 Å². The highest BCUT2D eigenvalue weighted by atomic mass is 32.2. The second-order valence-electron chi connectivity index (χ2n) is 5.32. The van der Waals surface area contributed by atoms with Crippen LogP contribution in [-0.2, 0) is 19.5 Å². The normalized spacial score (nSPS) is 23.6. The van der Waals surface area contributed by atoms with Gasteiger partial charge in [0.2, 0.25) is 10.0 Å². The van der Waals surface area contributed by atoms with Crippen LogP contribution in [0.4, 0.5) is 5.69 Å². The lowest BCUT2D eigenvalue weighted by Gasteiger charge is -2.17. The summed E-state index contributed by atoms with van der Waals surface area (Å²) in [7, 11) is -0.480. The Morgan fingerprint density at radius 1 is 1.14 bits per heavy atom. The van der Waals surface area contributed by atoms with Crippen molar-refractivity contribution < 1.29 is 17.9 Å². The number of hydrogen-bond acceptors (Lipinski definition) is 5. The molecule has 1 aliphatic heterocycles. The highest BCUT2D eigenvalue weighted by Crippen LogP contribution is 2.27. The lowest BCUT2D eigenvalue weighted by atomic mass is 10.1. The first-order chi connectivity index (χ1) is 9.81. The number of nitrogens with two attached hydrogens (primary N) is 1. The van der Waals surface area contributed by atoms with E-state index in [1.54, 1.807) is 20.3 Å². The quantitative estimate of drug-likeness (QED) is 0.836. The van der Waals surface area contributed by atoms with Gasteiger partial charge in [-0.1, -0.05) is 0 Å². The van der Waals surface area contributed by atoms with E-state index >= 15 is 0 Å². The van der Waals surface area contributed by atoms with Gasteiger partial charge < -0.3 is 15.2 Å². The molecule has 0 saturated carbocycles. The minimum Gasteiger partial charge on any atom is -0.398 e. The predicted molar refractivity (Wildman–Crippen MR) is 80.7 cm³/mol. The summed E-state index contributed by atoms with van der Waals surface area (Å²) in [6.07, 6.45) is -0.512. The van der Waals surface area contributed by atoms with Crippen molar-refractivity contribution in [1.29, 1.82) is 0 Å². The number of aryl methyl sites for hydroxylation is 1. The molecule has 2 unspecified atom stereocenters. The molecule has 0 aliphatic carbocycles. The van der Waals surface area contributed by atoms with Crippen molar-refractivity contribution in [2.45, 2.75) is 31.0 Å². The van der Waals surface area contributed by atoms with Gasteiger partial charge in [0, 0.05) is 33.0 Å². The Morgan fingerprint density at radius 3 is 2.10 bits per heavy atom. The Bertz CT molecular complexity index is 595. The Balaban J connectivity index is 2.35. The first-order valence-electron chi connectivity index (χ1n) is 6.73. The average molecular weight is 314 g/mol. The van der Waals surface area contributed by atoms with E-state index in [-0.39, 0.29) is 30.2 Å². The molecule has 0 aromatic heterocycles. The van der Waals surface area contributed by atoms with Crippen LogP contribution in [0.2, 0.25) is 0 Å². The number of nitrogens with zero attached hydrogens (tertiary/aromatic N) is 1. The minimum absolute atomic E-state index is 0.217. The summed E-state index contributed by atoms with van der Waals surface area (Å²) in [5, 5.41) is 0. The van der Waals surface area contributed by atoms with Gasteiger partial charge >= 0.3 is 0 Å². The summed E-state index contributed by atoms with van der Waals surface area (Å²) in [5.41, 5.74) is 8.14. The van der Waals surface area contributed by atoms with E-state index in [1.807, 2.05) is 13.8 Å². The first-order valence-corrected chi connectivity index (χ1v) is 8.17. The van der Waals surface area contributed by atoms with Gasteiger partial charge in [-0.2, -0.15) is 4.31 Å². The molecule has 2 rings (SSSR count). The van der Waals surface area contributed by atoms with Crippen molar-refractivity contribution in [3.05, 3.63) is 23.3 Å². The number of ether oxygens (including phenoxy) is 2. The third-order valence-corrected chi connectivity index (χ3v) is 5.92. The molecule has 1 aliphatic rings. The third-order valence-electron chi connectivity index (χ3n) is 4.11. The van der Waals surface area contributed by atoms with Crippen LogP contribution >= 0.6 is 0 Å². The van der Waals surface area contributed by atoms with Crippen molar-refractivity contribution in [1.82, 2.24) is 4.31 Å². The van der Waals surface area contributed by atoms with Crippen LogP contribution in [0.25, 0.3) is 0 Å². The number of methoxy groups -OCH3 is 2. The topological polar surface area (TPSA) is 81.9 Å². The molecule has 2 N–H and O–H groups in total. The molecular formula is C14H22N2O4S. The maximum absolute atomic E-state index is 12.7. The molecule has 2 atom stereocenters. The maximum atomic E-state index is 12.7. The highest BCUT2D eigenvalue weighted by molar-refractivity contribution is 7.89. The molecule has 1 saturated heterocycles. The molecule has 0 bridgehead atoms. The second-order valence-corrected chi connectivity index (χ2v) is 7.26. The second kappa shape index (κ2) is 5.92. The molecule has 1 fully saturated rings. The third kappa shape index (κ3) is 2.91. The molecule has 1 aromatic carbocycles. The van der Waals surface area contributed by atoms with Gasteiger partial charge in [0.05, 0.1) is 17.1 Å². The number of nitrogen functional groups attached to an aromatic ring is 1. The zero-order valence-electron chi connectivity index (χ0n) is 12.8. The molecule has 118 valence electrons. The smallest absolute Gasteiger partial charge is 0.243 e. The largest absolute Gasteiger partial charge is 0.398 e. The first kappa shape index (κ1) is 16.2. The van der Waals surface area contributed by atoms with Crippen molar-refractivity contribution >= 4 is 15.7 Å². The number of hydrogen-bond donors (Lipinski definition) is 1. The Labute approximate surface area is 125 Å². The van der Waals surface area contributed by atoms with Gasteiger partial charge in [-0.05, 0) is 37.1 Å². The van der Waals surface area contributed by atoms with Crippen LogP contribution in [-0.4, -0.2) is 52.2 Å². The van der Waals surface area contributed by atoms with Crippen LogP contribution in [0, 0.1) is 13.8 Å². The number of anilines is 1. The average Bonchev–Trinajstić information content (AvgIpc) is 2.88. The van der Waals surface area contributed by atoms with E-state index in [0.29, 0.717) is 5.69 Å². The Morgan fingerprint density at radius 2 is 1.67 bits per heavy atom. The van der Waals surface area contributed by atoms with Gasteiger partial charge in [0.1, 0.15) is 0 Å². The number of sulfonamides is 1. The standard InChI is InChI=1S/C14H22N2O4S/c1-9-5-11(6-12(15)10(9)2)21(17,18)16-7-13(19-3)14(8-16)20-4/h5-6,13-14H,7-8,15H2,1-4H3. The lowest BCUT2D eigenvalue weighted by Crippen LogP contribution is -2.30. The summed E-state index contributed by atoms with van der Waals surface area (Å²) >= 11 is 0. The Hall–Kier alpha value is -1.15. The fourth-order valence-corrected chi connectivity index (χ4v) is 4.10. The highest BCUT2D eigenvalue weighted by Gasteiger charge is 2.39. The van der Waals surface area contributed by atoms with Gasteiger partial charge in [-0.25, -0.2) is 8.42 Å². The summed E-state index contributed by atoms with van der Waals surface area (Å²) in [6, 6.07) is 3.17. The molecule has 0 spiro atoms. The molecule has 0 radical (unpaired) electrons. The van der Waals surface area contributed by atoms with Crippen molar-refractivity contribution in [2.24, 2.45) is 0 Å². The fourth-order valence-electron chi connectivity index (χ4n) is 2.51. The van der Waals surface area contributed by atoms with Crippen LogP contribution in [0.15, 0.2) is 17.0 Å². The fraction of sp³-hybridized carbons (Fsp3) is 0.571. The van der Waals surface area contributed by atoms with Crippen LogP contribution < -0.4 is 5.73 Å². The monoisotopic (exact) mass is 314 g/mol. The number of benzene rings is 1. The van der Waals surface area contributed by atoms with Crippen LogP contribution in [0.5, 0.6) is 0 Å². The molecular weight excluding hydrogens is 292 g/mol. The molecule has 7 heteroatoms.